The number of carbonyl (C=O) groups excluding carboxylic acids is 1. The average Bonchev–Trinajstić information content (AvgIpc) is 2.26. The second-order valence-electron chi connectivity index (χ2n) is 3.82. The Morgan fingerprint density at radius 1 is 1.47 bits per heavy atom. The van der Waals surface area contributed by atoms with Gasteiger partial charge in [-0.2, -0.15) is 0 Å². The Morgan fingerprint density at radius 2 is 2.18 bits per heavy atom. The van der Waals surface area contributed by atoms with Crippen molar-refractivity contribution in [3.05, 3.63) is 42.0 Å². The molecule has 2 heteroatoms. The first-order valence-corrected chi connectivity index (χ1v) is 5.50. The highest BCUT2D eigenvalue weighted by Crippen LogP contribution is 2.19. The molecule has 1 rings (SSSR count). The van der Waals surface area contributed by atoms with E-state index in [0.29, 0.717) is 6.61 Å². The summed E-state index contributed by atoms with van der Waals surface area (Å²) in [7, 11) is 0. The maximum absolute atomic E-state index is 11.2. The van der Waals surface area contributed by atoms with Crippen LogP contribution in [-0.2, 0) is 0 Å². The fourth-order valence-corrected chi connectivity index (χ4v) is 1.44. The number of unbranched alkanes of at least 4 members (excludes halogenated alkanes) is 1. The van der Waals surface area contributed by atoms with Crippen molar-refractivity contribution >= 4 is 5.78 Å². The van der Waals surface area contributed by atoms with Crippen LogP contribution in [-0.4, -0.2) is 12.4 Å². The Bertz CT molecular complexity index is 381. The minimum atomic E-state index is 0. The largest absolute Gasteiger partial charge is 0.493 e. The van der Waals surface area contributed by atoms with Crippen molar-refractivity contribution in [2.45, 2.75) is 34.1 Å². The van der Waals surface area contributed by atoms with E-state index in [1.165, 1.54) is 0 Å². The van der Waals surface area contributed by atoms with Gasteiger partial charge in [0.2, 0.25) is 0 Å². The van der Waals surface area contributed by atoms with Crippen LogP contribution in [0.1, 0.15) is 43.1 Å². The molecule has 0 aromatic heterocycles. The highest BCUT2D eigenvalue weighted by atomic mass is 16.5. The summed E-state index contributed by atoms with van der Waals surface area (Å²) < 4.78 is 5.61. The van der Waals surface area contributed by atoms with E-state index in [-0.39, 0.29) is 13.2 Å². The fourth-order valence-electron chi connectivity index (χ4n) is 1.44. The topological polar surface area (TPSA) is 26.3 Å². The van der Waals surface area contributed by atoms with Gasteiger partial charge in [-0.1, -0.05) is 13.5 Å². The molecule has 17 heavy (non-hydrogen) atoms. The molecule has 0 radical (unpaired) electrons. The minimum Gasteiger partial charge on any atom is -0.493 e. The molecule has 0 aliphatic carbocycles. The van der Waals surface area contributed by atoms with Crippen LogP contribution in [0.15, 0.2) is 30.9 Å². The van der Waals surface area contributed by atoms with E-state index in [1.54, 1.807) is 13.0 Å². The molecule has 0 unspecified atom stereocenters. The number of aryl methyl sites for hydroxylation is 1. The molecule has 0 saturated heterocycles. The predicted molar refractivity (Wildman–Crippen MR) is 72.8 cm³/mol. The van der Waals surface area contributed by atoms with Gasteiger partial charge in [-0.15, -0.1) is 6.58 Å². The molecule has 0 spiro atoms. The van der Waals surface area contributed by atoms with E-state index in [4.69, 9.17) is 4.74 Å². The van der Waals surface area contributed by atoms with E-state index in [0.717, 1.165) is 29.7 Å². The van der Waals surface area contributed by atoms with Gasteiger partial charge in [-0.3, -0.25) is 4.79 Å². The summed E-state index contributed by atoms with van der Waals surface area (Å²) in [5.41, 5.74) is 1.74. The van der Waals surface area contributed by atoms with Crippen LogP contribution in [0, 0.1) is 6.92 Å². The van der Waals surface area contributed by atoms with Crippen LogP contribution in [0.2, 0.25) is 0 Å². The van der Waals surface area contributed by atoms with Crippen LogP contribution < -0.4 is 4.74 Å². The van der Waals surface area contributed by atoms with Crippen LogP contribution in [0.25, 0.3) is 0 Å². The normalized spacial score (nSPS) is 9.29. The highest BCUT2D eigenvalue weighted by molar-refractivity contribution is 5.94. The number of hydrogen-bond acceptors (Lipinski definition) is 2. The third-order valence-electron chi connectivity index (χ3n) is 2.39. The lowest BCUT2D eigenvalue weighted by Gasteiger charge is -2.09. The van der Waals surface area contributed by atoms with Gasteiger partial charge in [0.05, 0.1) is 6.61 Å². The van der Waals surface area contributed by atoms with Crippen LogP contribution in [0.3, 0.4) is 0 Å². The first kappa shape index (κ1) is 15.4. The standard InChI is InChI=1S/C14H18O2.CH4/c1-4-5-6-9-16-14-8-7-13(12(3)15)10-11(14)2;/h4,7-8,10H,1,5-6,9H2,2-3H3;1H4. The van der Waals surface area contributed by atoms with Crippen molar-refractivity contribution in [1.82, 2.24) is 0 Å². The summed E-state index contributed by atoms with van der Waals surface area (Å²) in [6.45, 7) is 7.87. The van der Waals surface area contributed by atoms with Gasteiger partial charge in [-0.25, -0.2) is 0 Å². The van der Waals surface area contributed by atoms with Gasteiger partial charge < -0.3 is 4.74 Å². The maximum atomic E-state index is 11.2. The Hall–Kier alpha value is -1.57. The van der Waals surface area contributed by atoms with Gasteiger partial charge in [0, 0.05) is 5.56 Å². The molecule has 1 aromatic rings. The SMILES string of the molecule is C.C=CCCCOc1ccc(C(C)=O)cc1C. The van der Waals surface area contributed by atoms with E-state index in [2.05, 4.69) is 6.58 Å². The van der Waals surface area contributed by atoms with Crippen molar-refractivity contribution < 1.29 is 9.53 Å². The molecule has 1 aromatic carbocycles. The third kappa shape index (κ3) is 4.85. The number of Topliss-reactive ketones (excluding diaryl/α,β-unsaturated/α-hetero) is 1. The van der Waals surface area contributed by atoms with Gasteiger partial charge >= 0.3 is 0 Å². The molecule has 0 bridgehead atoms. The van der Waals surface area contributed by atoms with Crippen molar-refractivity contribution in [2.75, 3.05) is 6.61 Å². The number of rotatable bonds is 6. The number of carbonyl (C=O) groups is 1. The first-order valence-electron chi connectivity index (χ1n) is 5.50. The molecule has 0 aliphatic rings. The monoisotopic (exact) mass is 234 g/mol. The van der Waals surface area contributed by atoms with Gasteiger partial charge in [0.1, 0.15) is 5.75 Å². The van der Waals surface area contributed by atoms with Gasteiger partial charge in [0.25, 0.3) is 0 Å². The maximum Gasteiger partial charge on any atom is 0.159 e. The predicted octanol–water partition coefficient (Wildman–Crippen LogP) is 4.18. The van der Waals surface area contributed by atoms with Crippen LogP contribution in [0.5, 0.6) is 5.75 Å². The highest BCUT2D eigenvalue weighted by Gasteiger charge is 2.03. The zero-order valence-corrected chi connectivity index (χ0v) is 9.95. The molecular formula is C15H22O2. The van der Waals surface area contributed by atoms with Gasteiger partial charge in [-0.05, 0) is 50.5 Å². The summed E-state index contributed by atoms with van der Waals surface area (Å²) in [6, 6.07) is 5.53. The second-order valence-corrected chi connectivity index (χ2v) is 3.82. The third-order valence-corrected chi connectivity index (χ3v) is 2.39. The van der Waals surface area contributed by atoms with E-state index in [9.17, 15) is 4.79 Å². The Kier molecular flexibility index (Phi) is 6.95. The van der Waals surface area contributed by atoms with Crippen molar-refractivity contribution in [3.63, 3.8) is 0 Å². The molecule has 2 nitrogen and oxygen atoms in total. The zero-order valence-electron chi connectivity index (χ0n) is 9.95. The number of benzene rings is 1. The Labute approximate surface area is 104 Å². The lowest BCUT2D eigenvalue weighted by molar-refractivity contribution is 0.101. The quantitative estimate of drug-likeness (QED) is 0.419. The number of ketones is 1. The van der Waals surface area contributed by atoms with E-state index in [1.807, 2.05) is 25.1 Å². The summed E-state index contributed by atoms with van der Waals surface area (Å²) in [5, 5.41) is 0. The van der Waals surface area contributed by atoms with E-state index >= 15 is 0 Å². The van der Waals surface area contributed by atoms with Crippen LogP contribution >= 0.6 is 0 Å². The molecular weight excluding hydrogens is 212 g/mol. The van der Waals surface area contributed by atoms with Crippen molar-refractivity contribution in [3.8, 4) is 5.75 Å². The molecule has 0 fully saturated rings. The first-order chi connectivity index (χ1) is 7.65. The van der Waals surface area contributed by atoms with Gasteiger partial charge in [0.15, 0.2) is 5.78 Å². The van der Waals surface area contributed by atoms with E-state index < -0.39 is 0 Å². The molecule has 0 heterocycles. The minimum absolute atomic E-state index is 0. The molecule has 94 valence electrons. The Morgan fingerprint density at radius 3 is 2.71 bits per heavy atom. The molecule has 0 amide bonds. The lowest BCUT2D eigenvalue weighted by atomic mass is 10.1. The molecule has 0 atom stereocenters. The smallest absolute Gasteiger partial charge is 0.159 e. The zero-order chi connectivity index (χ0) is 12.0. The molecule has 0 N–H and O–H groups in total. The number of ether oxygens (including phenoxy) is 1. The number of allylic oxidation sites excluding steroid dienone is 1. The summed E-state index contributed by atoms with van der Waals surface area (Å²) >= 11 is 0. The van der Waals surface area contributed by atoms with Crippen LogP contribution in [0.4, 0.5) is 0 Å². The Balaban J connectivity index is 0.00000256. The average molecular weight is 234 g/mol. The van der Waals surface area contributed by atoms with Crippen molar-refractivity contribution in [2.24, 2.45) is 0 Å². The summed E-state index contributed by atoms with van der Waals surface area (Å²) in [5.74, 6) is 0.940. The summed E-state index contributed by atoms with van der Waals surface area (Å²) in [6.07, 6.45) is 3.82. The lowest BCUT2D eigenvalue weighted by Crippen LogP contribution is -2.00. The summed E-state index contributed by atoms with van der Waals surface area (Å²) in [4.78, 5) is 11.2. The second kappa shape index (κ2) is 7.66. The fraction of sp³-hybridized carbons (Fsp3) is 0.400. The van der Waals surface area contributed by atoms with Crippen molar-refractivity contribution in [1.29, 1.82) is 0 Å². The molecule has 0 aliphatic heterocycles. The number of hydrogen-bond donors (Lipinski definition) is 0. The molecule has 0 saturated carbocycles.